The maximum absolute atomic E-state index is 14.3. The van der Waals surface area contributed by atoms with Crippen molar-refractivity contribution in [3.8, 4) is 11.5 Å². The van der Waals surface area contributed by atoms with Crippen LogP contribution in [0, 0.1) is 5.82 Å². The quantitative estimate of drug-likeness (QED) is 0.629. The Morgan fingerprint density at radius 2 is 1.85 bits per heavy atom. The average molecular weight is 359 g/mol. The van der Waals surface area contributed by atoms with Crippen molar-refractivity contribution in [1.29, 1.82) is 0 Å². The fraction of sp³-hybridized carbons (Fsp3) is 0.263. The fourth-order valence-electron chi connectivity index (χ4n) is 2.77. The van der Waals surface area contributed by atoms with Crippen LogP contribution in [0.1, 0.15) is 32.7 Å². The van der Waals surface area contributed by atoms with E-state index in [1.54, 1.807) is 0 Å². The Morgan fingerprint density at radius 1 is 1.15 bits per heavy atom. The molecule has 136 valence electrons. The summed E-state index contributed by atoms with van der Waals surface area (Å²) in [5.74, 6) is -2.75. The Hall–Kier alpha value is -2.93. The van der Waals surface area contributed by atoms with Crippen molar-refractivity contribution in [3.05, 3.63) is 58.9 Å². The van der Waals surface area contributed by atoms with E-state index in [0.717, 1.165) is 13.0 Å². The number of phenols is 1. The largest absolute Gasteiger partial charge is 0.507 e. The molecule has 1 heterocycles. The second-order valence-electron chi connectivity index (χ2n) is 5.90. The predicted molar refractivity (Wildman–Crippen MR) is 91.2 cm³/mol. The van der Waals surface area contributed by atoms with Gasteiger partial charge in [-0.15, -0.1) is 0 Å². The molecule has 2 aromatic rings. The zero-order valence-electron chi connectivity index (χ0n) is 14.1. The number of hydrogen-bond donors (Lipinski definition) is 2. The molecule has 0 radical (unpaired) electrons. The summed E-state index contributed by atoms with van der Waals surface area (Å²) in [7, 11) is 1.27. The molecule has 1 fully saturated rings. The van der Waals surface area contributed by atoms with E-state index in [0.29, 0.717) is 12.1 Å². The summed E-state index contributed by atoms with van der Waals surface area (Å²) in [4.78, 5) is 24.6. The molecule has 2 aromatic carbocycles. The van der Waals surface area contributed by atoms with Crippen LogP contribution in [0.3, 0.4) is 0 Å². The van der Waals surface area contributed by atoms with Crippen molar-refractivity contribution >= 4 is 11.8 Å². The topological polar surface area (TPSA) is 84.9 Å². The number of hydrogen-bond acceptors (Lipinski definition) is 6. The second-order valence-corrected chi connectivity index (χ2v) is 5.90. The minimum atomic E-state index is -0.935. The van der Waals surface area contributed by atoms with Crippen molar-refractivity contribution in [2.75, 3.05) is 20.2 Å². The number of ketones is 1. The van der Waals surface area contributed by atoms with Gasteiger partial charge in [-0.2, -0.15) is 0 Å². The van der Waals surface area contributed by atoms with Gasteiger partial charge in [0.25, 0.3) is 0 Å². The van der Waals surface area contributed by atoms with Gasteiger partial charge >= 0.3 is 5.97 Å². The molecule has 26 heavy (non-hydrogen) atoms. The highest BCUT2D eigenvalue weighted by Gasteiger charge is 2.23. The van der Waals surface area contributed by atoms with Gasteiger partial charge in [-0.25, -0.2) is 9.18 Å². The van der Waals surface area contributed by atoms with Gasteiger partial charge < -0.3 is 19.9 Å². The normalized spacial score (nSPS) is 16.3. The van der Waals surface area contributed by atoms with Crippen molar-refractivity contribution in [3.63, 3.8) is 0 Å². The lowest BCUT2D eigenvalue weighted by atomic mass is 10.0. The fourth-order valence-corrected chi connectivity index (χ4v) is 2.77. The zero-order chi connectivity index (χ0) is 18.7. The monoisotopic (exact) mass is 359 g/mol. The first-order valence-electron chi connectivity index (χ1n) is 8.13. The lowest BCUT2D eigenvalue weighted by Crippen LogP contribution is -2.20. The van der Waals surface area contributed by atoms with Crippen LogP contribution in [0.15, 0.2) is 36.4 Å². The van der Waals surface area contributed by atoms with Gasteiger partial charge in [-0.05, 0) is 37.2 Å². The number of methoxy groups -OCH3 is 1. The first-order chi connectivity index (χ1) is 12.5. The van der Waals surface area contributed by atoms with E-state index in [1.807, 2.05) is 0 Å². The van der Waals surface area contributed by atoms with E-state index in [1.165, 1.54) is 43.5 Å². The van der Waals surface area contributed by atoms with Crippen LogP contribution < -0.4 is 10.1 Å². The number of carbonyl (C=O) groups is 2. The van der Waals surface area contributed by atoms with E-state index in [9.17, 15) is 19.1 Å². The number of benzene rings is 2. The standard InChI is InChI=1S/C19H18FNO5/c1-25-15-7-6-14(22)16(17(15)20)18(23)11-2-4-12(5-3-11)19(24)26-13-8-9-21-10-13/h2-7,13,21-22H,8-10H2,1H3. The predicted octanol–water partition coefficient (Wildman–Crippen LogP) is 2.29. The van der Waals surface area contributed by atoms with Crippen LogP contribution >= 0.6 is 0 Å². The highest BCUT2D eigenvalue weighted by Crippen LogP contribution is 2.30. The number of aromatic hydroxyl groups is 1. The van der Waals surface area contributed by atoms with Gasteiger partial charge in [0.1, 0.15) is 17.4 Å². The summed E-state index contributed by atoms with van der Waals surface area (Å²) in [5, 5.41) is 12.9. The van der Waals surface area contributed by atoms with Gasteiger partial charge in [-0.1, -0.05) is 12.1 Å². The third-order valence-corrected chi connectivity index (χ3v) is 4.20. The van der Waals surface area contributed by atoms with Crippen molar-refractivity contribution in [2.45, 2.75) is 12.5 Å². The Labute approximate surface area is 149 Å². The molecule has 0 aromatic heterocycles. The molecular formula is C19H18FNO5. The molecule has 0 amide bonds. The Balaban J connectivity index is 1.80. The lowest BCUT2D eigenvalue weighted by Gasteiger charge is -2.11. The number of esters is 1. The smallest absolute Gasteiger partial charge is 0.338 e. The van der Waals surface area contributed by atoms with Crippen LogP contribution in [-0.4, -0.2) is 43.2 Å². The van der Waals surface area contributed by atoms with E-state index in [2.05, 4.69) is 5.32 Å². The number of carbonyl (C=O) groups excluding carboxylic acids is 2. The first kappa shape index (κ1) is 17.9. The van der Waals surface area contributed by atoms with Crippen LogP contribution in [0.25, 0.3) is 0 Å². The molecule has 1 unspecified atom stereocenters. The molecule has 1 atom stereocenters. The molecule has 3 rings (SSSR count). The highest BCUT2D eigenvalue weighted by atomic mass is 19.1. The Morgan fingerprint density at radius 3 is 2.46 bits per heavy atom. The third kappa shape index (κ3) is 3.52. The van der Waals surface area contributed by atoms with Gasteiger partial charge in [0, 0.05) is 12.1 Å². The summed E-state index contributed by atoms with van der Waals surface area (Å²) in [6, 6.07) is 8.09. The number of nitrogens with one attached hydrogen (secondary N) is 1. The molecule has 6 nitrogen and oxygen atoms in total. The number of halogens is 1. The SMILES string of the molecule is COc1ccc(O)c(C(=O)c2ccc(C(=O)OC3CCNC3)cc2)c1F. The van der Waals surface area contributed by atoms with Crippen LogP contribution in [0.4, 0.5) is 4.39 Å². The summed E-state index contributed by atoms with van der Waals surface area (Å²) in [6.45, 7) is 1.43. The van der Waals surface area contributed by atoms with E-state index in [4.69, 9.17) is 9.47 Å². The van der Waals surface area contributed by atoms with E-state index in [-0.39, 0.29) is 17.4 Å². The Kier molecular flexibility index (Phi) is 5.18. The summed E-state index contributed by atoms with van der Waals surface area (Å²) in [6.07, 6.45) is 0.600. The van der Waals surface area contributed by atoms with E-state index < -0.39 is 28.9 Å². The molecule has 1 aliphatic rings. The summed E-state index contributed by atoms with van der Waals surface area (Å²) < 4.78 is 24.5. The summed E-state index contributed by atoms with van der Waals surface area (Å²) in [5.41, 5.74) is -0.0490. The first-order valence-corrected chi connectivity index (χ1v) is 8.13. The minimum absolute atomic E-state index is 0.131. The zero-order valence-corrected chi connectivity index (χ0v) is 14.1. The van der Waals surface area contributed by atoms with Crippen molar-refractivity contribution < 1.29 is 28.6 Å². The van der Waals surface area contributed by atoms with Gasteiger partial charge in [-0.3, -0.25) is 4.79 Å². The number of rotatable bonds is 5. The van der Waals surface area contributed by atoms with Crippen LogP contribution in [0.2, 0.25) is 0 Å². The second kappa shape index (κ2) is 7.53. The van der Waals surface area contributed by atoms with E-state index >= 15 is 0 Å². The molecule has 1 aliphatic heterocycles. The molecule has 0 aliphatic carbocycles. The maximum atomic E-state index is 14.3. The Bertz CT molecular complexity index is 829. The minimum Gasteiger partial charge on any atom is -0.507 e. The van der Waals surface area contributed by atoms with Gasteiger partial charge in [0.2, 0.25) is 0 Å². The lowest BCUT2D eigenvalue weighted by molar-refractivity contribution is 0.0344. The molecular weight excluding hydrogens is 341 g/mol. The molecule has 1 saturated heterocycles. The van der Waals surface area contributed by atoms with Crippen molar-refractivity contribution in [1.82, 2.24) is 5.32 Å². The van der Waals surface area contributed by atoms with Gasteiger partial charge in [0.15, 0.2) is 17.3 Å². The third-order valence-electron chi connectivity index (χ3n) is 4.20. The summed E-state index contributed by atoms with van der Waals surface area (Å²) >= 11 is 0. The average Bonchev–Trinajstić information content (AvgIpc) is 3.15. The molecule has 7 heteroatoms. The van der Waals surface area contributed by atoms with Crippen molar-refractivity contribution in [2.24, 2.45) is 0 Å². The maximum Gasteiger partial charge on any atom is 0.338 e. The van der Waals surface area contributed by atoms with Crippen LogP contribution in [-0.2, 0) is 4.74 Å². The highest BCUT2D eigenvalue weighted by molar-refractivity contribution is 6.11. The van der Waals surface area contributed by atoms with Gasteiger partial charge in [0.05, 0.1) is 12.7 Å². The molecule has 0 saturated carbocycles. The molecule has 2 N–H and O–H groups in total. The molecule has 0 spiro atoms. The molecule has 0 bridgehead atoms. The number of ether oxygens (including phenoxy) is 2. The van der Waals surface area contributed by atoms with Crippen LogP contribution in [0.5, 0.6) is 11.5 Å². The number of phenolic OH excluding ortho intramolecular Hbond substituents is 1.